The van der Waals surface area contributed by atoms with E-state index in [1.165, 1.54) is 6.07 Å². The van der Waals surface area contributed by atoms with E-state index in [1.54, 1.807) is 0 Å². The highest BCUT2D eigenvalue weighted by Gasteiger charge is 2.39. The predicted octanol–water partition coefficient (Wildman–Crippen LogP) is 3.14. The predicted molar refractivity (Wildman–Crippen MR) is 55.9 cm³/mol. The molecule has 0 amide bonds. The van der Waals surface area contributed by atoms with Gasteiger partial charge in [0, 0.05) is 17.5 Å². The van der Waals surface area contributed by atoms with Gasteiger partial charge in [-0.1, -0.05) is 12.5 Å². The van der Waals surface area contributed by atoms with Gasteiger partial charge in [0.25, 0.3) is 6.43 Å². The smallest absolute Gasteiger partial charge is 0.263 e. The molecule has 1 aliphatic rings. The number of alkyl halides is 2. The van der Waals surface area contributed by atoms with Crippen molar-refractivity contribution in [2.24, 2.45) is 5.73 Å². The first-order valence-electron chi connectivity index (χ1n) is 5.37. The Morgan fingerprint density at radius 1 is 1.31 bits per heavy atom. The normalized spacial score (nSPS) is 18.6. The summed E-state index contributed by atoms with van der Waals surface area (Å²) in [6, 6.07) is 3.52. The van der Waals surface area contributed by atoms with Gasteiger partial charge < -0.3 is 5.73 Å². The van der Waals surface area contributed by atoms with Crippen molar-refractivity contribution in [3.05, 3.63) is 35.1 Å². The number of hydrogen-bond acceptors (Lipinski definition) is 1. The van der Waals surface area contributed by atoms with Crippen LogP contribution >= 0.6 is 0 Å². The summed E-state index contributed by atoms with van der Waals surface area (Å²) in [5.41, 5.74) is 5.47. The Morgan fingerprint density at radius 2 is 2.00 bits per heavy atom. The van der Waals surface area contributed by atoms with Crippen molar-refractivity contribution in [1.29, 1.82) is 0 Å². The van der Waals surface area contributed by atoms with E-state index in [4.69, 9.17) is 5.73 Å². The lowest BCUT2D eigenvalue weighted by atomic mass is 9.64. The number of hydrogen-bond donors (Lipinski definition) is 1. The largest absolute Gasteiger partial charge is 0.330 e. The fourth-order valence-corrected chi connectivity index (χ4v) is 2.27. The standard InChI is InChI=1S/C12H14F3N/c13-10-3-2-8(11(14)15)6-9(10)12(7-16)4-1-5-12/h2-3,6,11H,1,4-5,7,16H2. The van der Waals surface area contributed by atoms with Gasteiger partial charge in [-0.3, -0.25) is 0 Å². The zero-order chi connectivity index (χ0) is 11.8. The second-order valence-corrected chi connectivity index (χ2v) is 4.38. The highest BCUT2D eigenvalue weighted by atomic mass is 19.3. The maximum atomic E-state index is 13.6. The van der Waals surface area contributed by atoms with Crippen molar-refractivity contribution in [3.8, 4) is 0 Å². The summed E-state index contributed by atoms with van der Waals surface area (Å²) in [7, 11) is 0. The molecule has 1 aromatic rings. The lowest BCUT2D eigenvalue weighted by Crippen LogP contribution is -2.42. The van der Waals surface area contributed by atoms with Crippen LogP contribution in [0.25, 0.3) is 0 Å². The Kier molecular flexibility index (Phi) is 2.93. The molecule has 2 rings (SSSR count). The van der Waals surface area contributed by atoms with E-state index in [1.807, 2.05) is 0 Å². The average Bonchev–Trinajstić information content (AvgIpc) is 2.19. The quantitative estimate of drug-likeness (QED) is 0.846. The third kappa shape index (κ3) is 1.71. The number of nitrogens with two attached hydrogens (primary N) is 1. The maximum Gasteiger partial charge on any atom is 0.263 e. The molecule has 0 heterocycles. The molecular weight excluding hydrogens is 215 g/mol. The highest BCUT2D eigenvalue weighted by molar-refractivity contribution is 5.34. The molecule has 0 bridgehead atoms. The van der Waals surface area contributed by atoms with Gasteiger partial charge in [-0.2, -0.15) is 0 Å². The van der Waals surface area contributed by atoms with Crippen LogP contribution in [0.5, 0.6) is 0 Å². The van der Waals surface area contributed by atoms with Crippen LogP contribution in [0.1, 0.15) is 36.8 Å². The molecule has 1 aliphatic carbocycles. The molecule has 0 saturated heterocycles. The Hall–Kier alpha value is -1.03. The van der Waals surface area contributed by atoms with Crippen LogP contribution in [0, 0.1) is 5.82 Å². The summed E-state index contributed by atoms with van der Waals surface area (Å²) < 4.78 is 38.7. The van der Waals surface area contributed by atoms with Gasteiger partial charge >= 0.3 is 0 Å². The zero-order valence-electron chi connectivity index (χ0n) is 8.85. The molecule has 0 aromatic heterocycles. The molecule has 1 nitrogen and oxygen atoms in total. The fraction of sp³-hybridized carbons (Fsp3) is 0.500. The molecule has 0 spiro atoms. The van der Waals surface area contributed by atoms with Gasteiger partial charge in [-0.15, -0.1) is 0 Å². The van der Waals surface area contributed by atoms with Crippen LogP contribution in [0.2, 0.25) is 0 Å². The monoisotopic (exact) mass is 229 g/mol. The molecule has 1 saturated carbocycles. The van der Waals surface area contributed by atoms with Gasteiger partial charge in [0.2, 0.25) is 0 Å². The van der Waals surface area contributed by atoms with E-state index < -0.39 is 17.7 Å². The lowest BCUT2D eigenvalue weighted by molar-refractivity contribution is 0.150. The number of benzene rings is 1. The van der Waals surface area contributed by atoms with E-state index in [0.29, 0.717) is 12.1 Å². The molecule has 0 aliphatic heterocycles. The molecule has 0 radical (unpaired) electrons. The van der Waals surface area contributed by atoms with E-state index in [2.05, 4.69) is 0 Å². The first-order valence-corrected chi connectivity index (χ1v) is 5.37. The van der Waals surface area contributed by atoms with Crippen LogP contribution in [-0.4, -0.2) is 6.54 Å². The molecule has 0 atom stereocenters. The molecule has 16 heavy (non-hydrogen) atoms. The minimum Gasteiger partial charge on any atom is -0.330 e. The number of halogens is 3. The van der Waals surface area contributed by atoms with Gasteiger partial charge in [-0.05, 0) is 30.5 Å². The van der Waals surface area contributed by atoms with Gasteiger partial charge in [0.15, 0.2) is 0 Å². The van der Waals surface area contributed by atoms with E-state index in [9.17, 15) is 13.2 Å². The summed E-state index contributed by atoms with van der Waals surface area (Å²) in [4.78, 5) is 0. The van der Waals surface area contributed by atoms with Gasteiger partial charge in [-0.25, -0.2) is 13.2 Å². The first kappa shape index (κ1) is 11.5. The first-order chi connectivity index (χ1) is 7.59. The molecule has 88 valence electrons. The van der Waals surface area contributed by atoms with Crippen molar-refractivity contribution in [2.45, 2.75) is 31.1 Å². The van der Waals surface area contributed by atoms with Crippen LogP contribution in [0.3, 0.4) is 0 Å². The summed E-state index contributed by atoms with van der Waals surface area (Å²) in [5.74, 6) is -0.422. The summed E-state index contributed by atoms with van der Waals surface area (Å²) in [5, 5.41) is 0. The zero-order valence-corrected chi connectivity index (χ0v) is 8.85. The van der Waals surface area contributed by atoms with E-state index >= 15 is 0 Å². The van der Waals surface area contributed by atoms with Crippen LogP contribution in [0.15, 0.2) is 18.2 Å². The van der Waals surface area contributed by atoms with Crippen molar-refractivity contribution in [3.63, 3.8) is 0 Å². The van der Waals surface area contributed by atoms with Crippen LogP contribution < -0.4 is 5.73 Å². The van der Waals surface area contributed by atoms with E-state index in [0.717, 1.165) is 31.4 Å². The minimum absolute atomic E-state index is 0.129. The highest BCUT2D eigenvalue weighted by Crippen LogP contribution is 2.44. The molecule has 2 N–H and O–H groups in total. The Morgan fingerprint density at radius 3 is 2.44 bits per heavy atom. The van der Waals surface area contributed by atoms with Crippen molar-refractivity contribution >= 4 is 0 Å². The Labute approximate surface area is 92.5 Å². The van der Waals surface area contributed by atoms with Crippen molar-refractivity contribution in [2.75, 3.05) is 6.54 Å². The van der Waals surface area contributed by atoms with Crippen LogP contribution in [-0.2, 0) is 5.41 Å². The second kappa shape index (κ2) is 4.09. The topological polar surface area (TPSA) is 26.0 Å². The van der Waals surface area contributed by atoms with Crippen molar-refractivity contribution in [1.82, 2.24) is 0 Å². The van der Waals surface area contributed by atoms with Gasteiger partial charge in [0.05, 0.1) is 0 Å². The third-order valence-corrected chi connectivity index (χ3v) is 3.52. The Balaban J connectivity index is 2.42. The maximum absolute atomic E-state index is 13.6. The van der Waals surface area contributed by atoms with Gasteiger partial charge in [0.1, 0.15) is 5.82 Å². The summed E-state index contributed by atoms with van der Waals surface area (Å²) >= 11 is 0. The van der Waals surface area contributed by atoms with Crippen LogP contribution in [0.4, 0.5) is 13.2 Å². The Bertz CT molecular complexity index is 380. The lowest BCUT2D eigenvalue weighted by Gasteiger charge is -2.41. The molecule has 0 unspecified atom stereocenters. The minimum atomic E-state index is -2.56. The second-order valence-electron chi connectivity index (χ2n) is 4.38. The summed E-state index contributed by atoms with van der Waals surface area (Å²) in [6.07, 6.45) is -0.00952. The molecule has 1 aromatic carbocycles. The third-order valence-electron chi connectivity index (χ3n) is 3.52. The molecular formula is C12H14F3N. The average molecular weight is 229 g/mol. The fourth-order valence-electron chi connectivity index (χ4n) is 2.27. The molecule has 1 fully saturated rings. The number of rotatable bonds is 3. The SMILES string of the molecule is NCC1(c2cc(C(F)F)ccc2F)CCC1. The molecule has 4 heteroatoms. The van der Waals surface area contributed by atoms with E-state index in [-0.39, 0.29) is 5.56 Å². The summed E-state index contributed by atoms with van der Waals surface area (Å²) in [6.45, 7) is 0.316. The van der Waals surface area contributed by atoms with Crippen molar-refractivity contribution < 1.29 is 13.2 Å².